The van der Waals surface area contributed by atoms with Crippen molar-refractivity contribution in [2.75, 3.05) is 5.32 Å². The first-order chi connectivity index (χ1) is 9.61. The number of nitrogens with one attached hydrogen (secondary N) is 1. The maximum atomic E-state index is 12.8. The van der Waals surface area contributed by atoms with E-state index in [1.807, 2.05) is 0 Å². The molecule has 1 aliphatic carbocycles. The Morgan fingerprint density at radius 3 is 2.52 bits per heavy atom. The SMILES string of the molecule is CC1(C)CCCC1Nc1ccc(C(F)(F)F)c(C(=O)O)c1. The highest BCUT2D eigenvalue weighted by Crippen LogP contribution is 2.40. The molecular formula is C15H18F3NO2. The van der Waals surface area contributed by atoms with Gasteiger partial charge < -0.3 is 10.4 Å². The van der Waals surface area contributed by atoms with Crippen molar-refractivity contribution in [2.45, 2.75) is 45.3 Å². The molecule has 1 saturated carbocycles. The number of anilines is 1. The van der Waals surface area contributed by atoms with Crippen LogP contribution in [0.2, 0.25) is 0 Å². The summed E-state index contributed by atoms with van der Waals surface area (Å²) in [4.78, 5) is 11.1. The summed E-state index contributed by atoms with van der Waals surface area (Å²) in [6.45, 7) is 4.19. The van der Waals surface area contributed by atoms with E-state index in [2.05, 4.69) is 19.2 Å². The van der Waals surface area contributed by atoms with Gasteiger partial charge in [-0.25, -0.2) is 4.79 Å². The van der Waals surface area contributed by atoms with Gasteiger partial charge in [0.1, 0.15) is 0 Å². The Morgan fingerprint density at radius 2 is 2.05 bits per heavy atom. The second-order valence-electron chi connectivity index (χ2n) is 6.14. The van der Waals surface area contributed by atoms with E-state index in [1.165, 1.54) is 6.07 Å². The van der Waals surface area contributed by atoms with Crippen LogP contribution in [0.3, 0.4) is 0 Å². The Morgan fingerprint density at radius 1 is 1.38 bits per heavy atom. The van der Waals surface area contributed by atoms with E-state index in [0.29, 0.717) is 5.69 Å². The van der Waals surface area contributed by atoms with Crippen LogP contribution in [0.15, 0.2) is 18.2 Å². The molecule has 1 fully saturated rings. The highest BCUT2D eigenvalue weighted by Gasteiger charge is 2.37. The maximum Gasteiger partial charge on any atom is 0.417 e. The van der Waals surface area contributed by atoms with Crippen LogP contribution in [0.1, 0.15) is 49.0 Å². The summed E-state index contributed by atoms with van der Waals surface area (Å²) in [7, 11) is 0. The van der Waals surface area contributed by atoms with E-state index in [9.17, 15) is 18.0 Å². The Hall–Kier alpha value is -1.72. The molecule has 1 unspecified atom stereocenters. The highest BCUT2D eigenvalue weighted by molar-refractivity contribution is 5.91. The summed E-state index contributed by atoms with van der Waals surface area (Å²) < 4.78 is 38.4. The molecule has 0 spiro atoms. The predicted molar refractivity (Wildman–Crippen MR) is 73.4 cm³/mol. The van der Waals surface area contributed by atoms with E-state index >= 15 is 0 Å². The van der Waals surface area contributed by atoms with Crippen LogP contribution >= 0.6 is 0 Å². The number of alkyl halides is 3. The quantitative estimate of drug-likeness (QED) is 0.870. The van der Waals surface area contributed by atoms with E-state index in [0.717, 1.165) is 31.4 Å². The molecule has 3 nitrogen and oxygen atoms in total. The average Bonchev–Trinajstić information content (AvgIpc) is 2.67. The third-order valence-electron chi connectivity index (χ3n) is 4.15. The molecule has 1 aliphatic rings. The number of carboxylic acid groups (broad SMARTS) is 1. The standard InChI is InChI=1S/C15H18F3NO2/c1-14(2)7-3-4-12(14)19-9-5-6-11(15(16,17)18)10(8-9)13(20)21/h5-6,8,12,19H,3-4,7H2,1-2H3,(H,20,21). The minimum Gasteiger partial charge on any atom is -0.478 e. The largest absolute Gasteiger partial charge is 0.478 e. The molecule has 0 aromatic heterocycles. The van der Waals surface area contributed by atoms with E-state index in [1.54, 1.807) is 0 Å². The van der Waals surface area contributed by atoms with Crippen molar-refractivity contribution in [1.29, 1.82) is 0 Å². The maximum absolute atomic E-state index is 12.8. The van der Waals surface area contributed by atoms with Crippen molar-refractivity contribution < 1.29 is 23.1 Å². The fraction of sp³-hybridized carbons (Fsp3) is 0.533. The van der Waals surface area contributed by atoms with Crippen molar-refractivity contribution in [2.24, 2.45) is 5.41 Å². The van der Waals surface area contributed by atoms with Crippen molar-refractivity contribution in [3.05, 3.63) is 29.3 Å². The van der Waals surface area contributed by atoms with Gasteiger partial charge in [0, 0.05) is 11.7 Å². The van der Waals surface area contributed by atoms with E-state index < -0.39 is 23.3 Å². The first kappa shape index (κ1) is 15.7. The van der Waals surface area contributed by atoms with Crippen molar-refractivity contribution in [3.63, 3.8) is 0 Å². The third kappa shape index (κ3) is 3.31. The molecule has 2 rings (SSSR count). The molecule has 0 aliphatic heterocycles. The van der Waals surface area contributed by atoms with Crippen LogP contribution in [-0.4, -0.2) is 17.1 Å². The zero-order chi connectivity index (χ0) is 15.8. The molecule has 1 aromatic rings. The number of carboxylic acids is 1. The number of hydrogen-bond acceptors (Lipinski definition) is 2. The molecular weight excluding hydrogens is 283 g/mol. The Bertz CT molecular complexity index is 552. The summed E-state index contributed by atoms with van der Waals surface area (Å²) >= 11 is 0. The topological polar surface area (TPSA) is 49.3 Å². The second kappa shape index (κ2) is 5.24. The van der Waals surface area contributed by atoms with Crippen LogP contribution in [0.25, 0.3) is 0 Å². The minimum atomic E-state index is -4.67. The van der Waals surface area contributed by atoms with E-state index in [4.69, 9.17) is 5.11 Å². The zero-order valence-corrected chi connectivity index (χ0v) is 11.9. The van der Waals surface area contributed by atoms with Crippen LogP contribution in [-0.2, 0) is 6.18 Å². The van der Waals surface area contributed by atoms with Gasteiger partial charge in [0.2, 0.25) is 0 Å². The predicted octanol–water partition coefficient (Wildman–Crippen LogP) is 4.39. The lowest BCUT2D eigenvalue weighted by Crippen LogP contribution is -2.31. The van der Waals surface area contributed by atoms with E-state index in [-0.39, 0.29) is 11.5 Å². The molecule has 0 amide bonds. The van der Waals surface area contributed by atoms with Gasteiger partial charge >= 0.3 is 12.1 Å². The number of rotatable bonds is 3. The van der Waals surface area contributed by atoms with Crippen LogP contribution in [0, 0.1) is 5.41 Å². The number of benzene rings is 1. The molecule has 2 N–H and O–H groups in total. The molecule has 116 valence electrons. The number of hydrogen-bond donors (Lipinski definition) is 2. The van der Waals surface area contributed by atoms with Crippen LogP contribution < -0.4 is 5.32 Å². The Balaban J connectivity index is 2.31. The number of carbonyl (C=O) groups is 1. The van der Waals surface area contributed by atoms with Gasteiger partial charge in [-0.3, -0.25) is 0 Å². The normalized spacial score (nSPS) is 21.3. The highest BCUT2D eigenvalue weighted by atomic mass is 19.4. The Kier molecular flexibility index (Phi) is 3.91. The minimum absolute atomic E-state index is 0.0477. The third-order valence-corrected chi connectivity index (χ3v) is 4.15. The number of halogens is 3. The Labute approximate surface area is 121 Å². The van der Waals surface area contributed by atoms with Crippen molar-refractivity contribution in [3.8, 4) is 0 Å². The average molecular weight is 301 g/mol. The molecule has 21 heavy (non-hydrogen) atoms. The lowest BCUT2D eigenvalue weighted by Gasteiger charge is -2.29. The lowest BCUT2D eigenvalue weighted by molar-refractivity contribution is -0.138. The molecule has 0 radical (unpaired) electrons. The molecule has 1 aromatic carbocycles. The second-order valence-corrected chi connectivity index (χ2v) is 6.14. The summed E-state index contributed by atoms with van der Waals surface area (Å²) in [5.41, 5.74) is -1.37. The summed E-state index contributed by atoms with van der Waals surface area (Å²) in [5.74, 6) is -1.57. The van der Waals surface area contributed by atoms with Gasteiger partial charge in [-0.1, -0.05) is 20.3 Å². The molecule has 0 heterocycles. The van der Waals surface area contributed by atoms with Crippen molar-refractivity contribution >= 4 is 11.7 Å². The molecule has 1 atom stereocenters. The molecule has 6 heteroatoms. The van der Waals surface area contributed by atoms with Crippen LogP contribution in [0.4, 0.5) is 18.9 Å². The molecule has 0 bridgehead atoms. The number of aromatic carboxylic acids is 1. The monoisotopic (exact) mass is 301 g/mol. The molecule has 0 saturated heterocycles. The van der Waals surface area contributed by atoms with Crippen LogP contribution in [0.5, 0.6) is 0 Å². The van der Waals surface area contributed by atoms with Gasteiger partial charge in [-0.05, 0) is 36.5 Å². The van der Waals surface area contributed by atoms with Gasteiger partial charge in [-0.15, -0.1) is 0 Å². The fourth-order valence-corrected chi connectivity index (χ4v) is 2.85. The van der Waals surface area contributed by atoms with Gasteiger partial charge in [0.25, 0.3) is 0 Å². The first-order valence-electron chi connectivity index (χ1n) is 6.82. The summed E-state index contributed by atoms with van der Waals surface area (Å²) in [6, 6.07) is 3.33. The summed E-state index contributed by atoms with van der Waals surface area (Å²) in [5, 5.41) is 12.2. The van der Waals surface area contributed by atoms with Gasteiger partial charge in [0.05, 0.1) is 11.1 Å². The smallest absolute Gasteiger partial charge is 0.417 e. The van der Waals surface area contributed by atoms with Crippen molar-refractivity contribution in [1.82, 2.24) is 0 Å². The first-order valence-corrected chi connectivity index (χ1v) is 6.82. The fourth-order valence-electron chi connectivity index (χ4n) is 2.85. The van der Waals surface area contributed by atoms with Gasteiger partial charge in [-0.2, -0.15) is 13.2 Å². The summed E-state index contributed by atoms with van der Waals surface area (Å²) in [6.07, 6.45) is -1.65. The zero-order valence-electron chi connectivity index (χ0n) is 11.9. The van der Waals surface area contributed by atoms with Gasteiger partial charge in [0.15, 0.2) is 0 Å². The lowest BCUT2D eigenvalue weighted by atomic mass is 9.87.